The number of amides is 2. The lowest BCUT2D eigenvalue weighted by molar-refractivity contribution is -0.157. The highest BCUT2D eigenvalue weighted by Crippen LogP contribution is 2.41. The molecule has 0 bridgehead atoms. The summed E-state index contributed by atoms with van der Waals surface area (Å²) in [6.45, 7) is 0.883. The summed E-state index contributed by atoms with van der Waals surface area (Å²) in [5.41, 5.74) is 11.5. The zero-order valence-corrected chi connectivity index (χ0v) is 27.6. The molecule has 2 amide bonds. The van der Waals surface area contributed by atoms with Gasteiger partial charge in [0.25, 0.3) is 11.8 Å². The second kappa shape index (κ2) is 17.5. The van der Waals surface area contributed by atoms with Gasteiger partial charge in [-0.2, -0.15) is 0 Å². The molecule has 0 aliphatic carbocycles. The number of fused-ring (bicyclic) bond motifs is 1. The number of anilines is 1. The fraction of sp³-hybridized carbons (Fsp3) is 0.296. The molecule has 2 aliphatic heterocycles. The molecule has 1 saturated heterocycles. The van der Waals surface area contributed by atoms with Crippen LogP contribution in [-0.2, 0) is 33.5 Å². The average molecular weight is 718 g/mol. The van der Waals surface area contributed by atoms with E-state index in [1.54, 1.807) is 6.08 Å². The van der Waals surface area contributed by atoms with Gasteiger partial charge in [0.05, 0.1) is 12.1 Å². The van der Waals surface area contributed by atoms with Gasteiger partial charge in [0.15, 0.2) is 10.8 Å². The number of thiazole rings is 1. The second-order valence-corrected chi connectivity index (χ2v) is 10.9. The number of benzene rings is 1. The van der Waals surface area contributed by atoms with E-state index in [2.05, 4.69) is 15.5 Å². The molecule has 0 spiro atoms. The monoisotopic (exact) mass is 716 g/mol. The van der Waals surface area contributed by atoms with Crippen molar-refractivity contribution in [2.45, 2.75) is 24.8 Å². The van der Waals surface area contributed by atoms with Crippen LogP contribution in [0.5, 0.6) is 5.75 Å². The lowest BCUT2D eigenvalue weighted by atomic mass is 10.0. The smallest absolute Gasteiger partial charge is 0.358 e. The number of thioether (sulfide) groups is 1. The Morgan fingerprint density at radius 3 is 2.46 bits per heavy atom. The number of β-lactam (4-membered cyclic amide) rings is 1. The van der Waals surface area contributed by atoms with Gasteiger partial charge in [-0.15, -0.1) is 47.9 Å². The van der Waals surface area contributed by atoms with Crippen LogP contribution in [0.25, 0.3) is 0 Å². The van der Waals surface area contributed by atoms with Crippen LogP contribution in [0.15, 0.2) is 58.2 Å². The molecule has 1 aromatic carbocycles. The standard InChI is InChI=1S/C27H28N6O9S2.2ClH/c1-3-4-5-15-11-43-24-20(31-22(35)19(32-39-2)17-12-44-27(29)30-17)23(36)33(24)21(15)26(38)41-13-40-25(37)14-6-8-16(9-7-14)42-18(34)10-28;;/h4-9,12,20,24H,3,10-11,13,28H2,1-2H3,(H2,29,30)(H,31,35);2*1H/b5-4-,32-19-;;/t20?,24-;;/m1../s1. The third-order valence-corrected chi connectivity index (χ3v) is 8.04. The van der Waals surface area contributed by atoms with Gasteiger partial charge >= 0.3 is 17.9 Å². The molecule has 2 aromatic rings. The number of hydrogen-bond acceptors (Lipinski definition) is 15. The van der Waals surface area contributed by atoms with Gasteiger partial charge in [0, 0.05) is 11.1 Å². The van der Waals surface area contributed by atoms with Crippen LogP contribution in [0, 0.1) is 0 Å². The number of rotatable bonds is 12. The lowest BCUT2D eigenvalue weighted by Gasteiger charge is -2.49. The molecule has 2 atom stereocenters. The molecule has 19 heteroatoms. The highest BCUT2D eigenvalue weighted by atomic mass is 35.5. The first-order valence-electron chi connectivity index (χ1n) is 13.0. The van der Waals surface area contributed by atoms with Crippen LogP contribution in [0.4, 0.5) is 5.13 Å². The number of nitrogens with two attached hydrogens (primary N) is 2. The second-order valence-electron chi connectivity index (χ2n) is 8.92. The summed E-state index contributed by atoms with van der Waals surface area (Å²) < 4.78 is 15.2. The number of allylic oxidation sites excluding steroid dienone is 2. The molecule has 0 radical (unpaired) electrons. The van der Waals surface area contributed by atoms with Gasteiger partial charge < -0.3 is 35.8 Å². The topological polar surface area (TPSA) is 215 Å². The van der Waals surface area contributed by atoms with E-state index in [1.807, 2.05) is 13.0 Å². The highest BCUT2D eigenvalue weighted by molar-refractivity contribution is 8.00. The van der Waals surface area contributed by atoms with Crippen LogP contribution in [0.2, 0.25) is 0 Å². The maximum Gasteiger partial charge on any atom is 0.358 e. The number of halogens is 2. The minimum absolute atomic E-state index is 0. The number of hydrogen-bond donors (Lipinski definition) is 3. The minimum atomic E-state index is -0.977. The Morgan fingerprint density at radius 1 is 1.15 bits per heavy atom. The summed E-state index contributed by atoms with van der Waals surface area (Å²) in [5.74, 6) is -3.06. The van der Waals surface area contributed by atoms with Gasteiger partial charge in [-0.25, -0.2) is 14.6 Å². The number of ether oxygens (including phenoxy) is 3. The Hall–Kier alpha value is -4.16. The maximum absolute atomic E-state index is 13.3. The summed E-state index contributed by atoms with van der Waals surface area (Å²) in [4.78, 5) is 73.3. The van der Waals surface area contributed by atoms with Crippen molar-refractivity contribution in [3.8, 4) is 5.75 Å². The molecule has 1 fully saturated rings. The zero-order valence-electron chi connectivity index (χ0n) is 24.3. The number of nitrogens with one attached hydrogen (secondary N) is 1. The number of esters is 3. The van der Waals surface area contributed by atoms with Crippen LogP contribution in [0.1, 0.15) is 29.4 Å². The zero-order chi connectivity index (χ0) is 31.8. The van der Waals surface area contributed by atoms with Crippen molar-refractivity contribution in [3.63, 3.8) is 0 Å². The molecular weight excluding hydrogens is 687 g/mol. The number of carbonyl (C=O) groups excluding carboxylic acids is 5. The van der Waals surface area contributed by atoms with E-state index in [-0.39, 0.29) is 64.9 Å². The number of aromatic nitrogens is 1. The Morgan fingerprint density at radius 2 is 1.85 bits per heavy atom. The molecule has 0 saturated carbocycles. The molecule has 15 nitrogen and oxygen atoms in total. The van der Waals surface area contributed by atoms with E-state index in [0.29, 0.717) is 17.7 Å². The first kappa shape index (κ1) is 38.0. The van der Waals surface area contributed by atoms with Crippen molar-refractivity contribution < 1.29 is 43.0 Å². The van der Waals surface area contributed by atoms with Crippen LogP contribution >= 0.6 is 47.9 Å². The summed E-state index contributed by atoms with van der Waals surface area (Å²) in [5, 5.41) is 7.50. The highest BCUT2D eigenvalue weighted by Gasteiger charge is 2.54. The van der Waals surface area contributed by atoms with Gasteiger partial charge in [-0.05, 0) is 36.3 Å². The maximum atomic E-state index is 13.3. The van der Waals surface area contributed by atoms with Crippen LogP contribution < -0.4 is 21.5 Å². The number of nitrogens with zero attached hydrogens (tertiary/aromatic N) is 3. The van der Waals surface area contributed by atoms with Crippen molar-refractivity contribution in [2.75, 3.05) is 31.9 Å². The number of carbonyl (C=O) groups is 5. The van der Waals surface area contributed by atoms with Crippen molar-refractivity contribution in [1.29, 1.82) is 0 Å². The minimum Gasteiger partial charge on any atom is -0.426 e. The Bertz CT molecular complexity index is 1550. The molecule has 248 valence electrons. The van der Waals surface area contributed by atoms with E-state index in [0.717, 1.165) is 11.3 Å². The quantitative estimate of drug-likeness (QED) is 0.0714. The first-order chi connectivity index (χ1) is 21.2. The fourth-order valence-corrected chi connectivity index (χ4v) is 5.91. The van der Waals surface area contributed by atoms with Crippen molar-refractivity contribution in [3.05, 3.63) is 64.3 Å². The molecule has 2 aliphatic rings. The largest absolute Gasteiger partial charge is 0.426 e. The van der Waals surface area contributed by atoms with Gasteiger partial charge in [-0.3, -0.25) is 19.3 Å². The predicted octanol–water partition coefficient (Wildman–Crippen LogP) is 1.76. The van der Waals surface area contributed by atoms with Gasteiger partial charge in [0.2, 0.25) is 6.79 Å². The predicted molar refractivity (Wildman–Crippen MR) is 174 cm³/mol. The normalized spacial score (nSPS) is 17.2. The molecule has 4 rings (SSSR count). The summed E-state index contributed by atoms with van der Waals surface area (Å²) in [7, 11) is 1.26. The summed E-state index contributed by atoms with van der Waals surface area (Å²) in [6, 6.07) is 4.52. The van der Waals surface area contributed by atoms with Crippen molar-refractivity contribution in [2.24, 2.45) is 10.9 Å². The fourth-order valence-electron chi connectivity index (χ4n) is 4.04. The summed E-state index contributed by atoms with van der Waals surface area (Å²) in [6.07, 6.45) is 4.23. The van der Waals surface area contributed by atoms with Gasteiger partial charge in [0.1, 0.15) is 35.7 Å². The van der Waals surface area contributed by atoms with Gasteiger partial charge in [-0.1, -0.05) is 24.2 Å². The lowest BCUT2D eigenvalue weighted by Crippen LogP contribution is -2.71. The molecule has 1 aromatic heterocycles. The van der Waals surface area contributed by atoms with E-state index >= 15 is 0 Å². The van der Waals surface area contributed by atoms with E-state index in [9.17, 15) is 24.0 Å². The van der Waals surface area contributed by atoms with E-state index in [1.165, 1.54) is 53.4 Å². The number of oxime groups is 1. The SMILES string of the molecule is CC/C=C\C1=C(C(=O)OCOC(=O)c2ccc(OC(=O)CN)cc2)N2C(=O)C(NC(=O)/C(=N\OC)c3csc(N)n3)[C@H]2SC1.Cl.Cl. The number of nitrogen functional groups attached to an aromatic ring is 1. The molecule has 1 unspecified atom stereocenters. The third kappa shape index (κ3) is 8.76. The molecule has 46 heavy (non-hydrogen) atoms. The third-order valence-electron chi connectivity index (χ3n) is 6.06. The Kier molecular flexibility index (Phi) is 14.5. The van der Waals surface area contributed by atoms with E-state index in [4.69, 9.17) is 30.5 Å². The Balaban J connectivity index is 0.00000368. The van der Waals surface area contributed by atoms with Crippen LogP contribution in [-0.4, -0.2) is 82.9 Å². The first-order valence-corrected chi connectivity index (χ1v) is 14.9. The van der Waals surface area contributed by atoms with Crippen molar-refractivity contribution in [1.82, 2.24) is 15.2 Å². The molecule has 5 N–H and O–H groups in total. The van der Waals surface area contributed by atoms with Crippen molar-refractivity contribution >= 4 is 88.5 Å². The van der Waals surface area contributed by atoms with Crippen LogP contribution in [0.3, 0.4) is 0 Å². The van der Waals surface area contributed by atoms with E-state index < -0.39 is 47.9 Å². The average Bonchev–Trinajstić information content (AvgIpc) is 3.46. The summed E-state index contributed by atoms with van der Waals surface area (Å²) >= 11 is 2.46. The molecule has 3 heterocycles. The molecular formula is C27H30Cl2N6O9S2. The Labute approximate surface area is 283 Å².